The summed E-state index contributed by atoms with van der Waals surface area (Å²) in [5.41, 5.74) is 0. The lowest BCUT2D eigenvalue weighted by molar-refractivity contribution is 0.165. The van der Waals surface area contributed by atoms with Gasteiger partial charge in [-0.25, -0.2) is 0 Å². The maximum absolute atomic E-state index is 9.49. The maximum atomic E-state index is 9.49. The molecule has 0 bridgehead atoms. The third-order valence-corrected chi connectivity index (χ3v) is 4.13. The first-order chi connectivity index (χ1) is 7.70. The molecule has 0 radical (unpaired) electrons. The van der Waals surface area contributed by atoms with Crippen molar-refractivity contribution in [2.45, 2.75) is 45.2 Å². The highest BCUT2D eigenvalue weighted by Gasteiger charge is 2.31. The third kappa shape index (κ3) is 3.19. The van der Waals surface area contributed by atoms with Gasteiger partial charge in [-0.15, -0.1) is 0 Å². The lowest BCUT2D eigenvalue weighted by Crippen LogP contribution is -2.35. The first kappa shape index (κ1) is 12.3. The number of hydrogen-bond donors (Lipinski definition) is 2. The van der Waals surface area contributed by atoms with Crippen LogP contribution in [0.4, 0.5) is 0 Å². The van der Waals surface area contributed by atoms with E-state index < -0.39 is 0 Å². The van der Waals surface area contributed by atoms with E-state index in [9.17, 15) is 5.11 Å². The molecule has 0 aromatic heterocycles. The topological polar surface area (TPSA) is 35.5 Å². The predicted molar refractivity (Wildman–Crippen MR) is 66.4 cm³/mol. The van der Waals surface area contributed by atoms with E-state index >= 15 is 0 Å². The van der Waals surface area contributed by atoms with Crippen LogP contribution in [0.5, 0.6) is 0 Å². The van der Waals surface area contributed by atoms with Gasteiger partial charge in [0.25, 0.3) is 0 Å². The highest BCUT2D eigenvalue weighted by atomic mass is 16.3. The van der Waals surface area contributed by atoms with E-state index in [0.717, 1.165) is 12.6 Å². The summed E-state index contributed by atoms with van der Waals surface area (Å²) in [6.45, 7) is 8.27. The van der Waals surface area contributed by atoms with Crippen LogP contribution in [0.2, 0.25) is 0 Å². The maximum Gasteiger partial charge on any atom is 0.0474 e. The van der Waals surface area contributed by atoms with Gasteiger partial charge in [0.1, 0.15) is 0 Å². The largest absolute Gasteiger partial charge is 0.396 e. The zero-order valence-electron chi connectivity index (χ0n) is 10.7. The fourth-order valence-electron chi connectivity index (χ4n) is 2.66. The minimum absolute atomic E-state index is 0.344. The monoisotopic (exact) mass is 226 g/mol. The van der Waals surface area contributed by atoms with Crippen molar-refractivity contribution < 1.29 is 5.11 Å². The van der Waals surface area contributed by atoms with Crippen LogP contribution in [0.1, 0.15) is 33.1 Å². The molecule has 1 heterocycles. The van der Waals surface area contributed by atoms with Gasteiger partial charge in [-0.3, -0.25) is 0 Å². The minimum Gasteiger partial charge on any atom is -0.396 e. The molecule has 1 aliphatic heterocycles. The number of rotatable bonds is 6. The van der Waals surface area contributed by atoms with E-state index in [1.54, 1.807) is 0 Å². The van der Waals surface area contributed by atoms with Crippen LogP contribution in [0, 0.1) is 11.8 Å². The molecule has 1 aliphatic carbocycles. The predicted octanol–water partition coefficient (Wildman–Crippen LogP) is 1.08. The average Bonchev–Trinajstić information content (AvgIpc) is 2.94. The van der Waals surface area contributed by atoms with Crippen LogP contribution in [-0.4, -0.2) is 48.3 Å². The second kappa shape index (κ2) is 5.48. The Balaban J connectivity index is 1.75. The summed E-state index contributed by atoms with van der Waals surface area (Å²) in [5, 5.41) is 13.0. The van der Waals surface area contributed by atoms with Crippen molar-refractivity contribution in [3.8, 4) is 0 Å². The quantitative estimate of drug-likeness (QED) is 0.711. The van der Waals surface area contributed by atoms with E-state index in [0.29, 0.717) is 24.5 Å². The lowest BCUT2D eigenvalue weighted by atomic mass is 9.92. The molecule has 0 spiro atoms. The Labute approximate surface area is 99.2 Å². The van der Waals surface area contributed by atoms with Crippen LogP contribution >= 0.6 is 0 Å². The molecule has 1 saturated heterocycles. The normalized spacial score (nSPS) is 28.9. The van der Waals surface area contributed by atoms with Crippen molar-refractivity contribution in [3.05, 3.63) is 0 Å². The van der Waals surface area contributed by atoms with Gasteiger partial charge >= 0.3 is 0 Å². The Morgan fingerprint density at radius 3 is 2.56 bits per heavy atom. The van der Waals surface area contributed by atoms with Gasteiger partial charge in [0.2, 0.25) is 0 Å². The average molecular weight is 226 g/mol. The SMILES string of the molecule is CC(C)N1CCC(C(CO)CNC2CC2)C1. The summed E-state index contributed by atoms with van der Waals surface area (Å²) in [5.74, 6) is 1.16. The summed E-state index contributed by atoms with van der Waals surface area (Å²) < 4.78 is 0. The van der Waals surface area contributed by atoms with Gasteiger partial charge in [-0.1, -0.05) is 0 Å². The molecule has 0 aromatic carbocycles. The molecule has 2 N–H and O–H groups in total. The summed E-state index contributed by atoms with van der Waals surface area (Å²) in [4.78, 5) is 2.53. The van der Waals surface area contributed by atoms with Gasteiger partial charge in [-0.2, -0.15) is 0 Å². The highest BCUT2D eigenvalue weighted by molar-refractivity contribution is 4.86. The van der Waals surface area contributed by atoms with E-state index in [1.165, 1.54) is 32.4 Å². The van der Waals surface area contributed by atoms with Crippen molar-refractivity contribution in [1.82, 2.24) is 10.2 Å². The van der Waals surface area contributed by atoms with E-state index in [1.807, 2.05) is 0 Å². The number of nitrogens with one attached hydrogen (secondary N) is 1. The molecule has 3 heteroatoms. The number of hydrogen-bond acceptors (Lipinski definition) is 3. The molecule has 2 rings (SSSR count). The fraction of sp³-hybridized carbons (Fsp3) is 1.00. The van der Waals surface area contributed by atoms with Crippen LogP contribution in [-0.2, 0) is 0 Å². The molecule has 2 aliphatic rings. The van der Waals surface area contributed by atoms with Crippen LogP contribution < -0.4 is 5.32 Å². The highest BCUT2D eigenvalue weighted by Crippen LogP contribution is 2.26. The molecule has 3 nitrogen and oxygen atoms in total. The number of likely N-dealkylation sites (tertiary alicyclic amines) is 1. The van der Waals surface area contributed by atoms with Gasteiger partial charge in [0, 0.05) is 31.8 Å². The summed E-state index contributed by atoms with van der Waals surface area (Å²) >= 11 is 0. The third-order valence-electron chi connectivity index (χ3n) is 4.13. The summed E-state index contributed by atoms with van der Waals surface area (Å²) in [7, 11) is 0. The zero-order valence-corrected chi connectivity index (χ0v) is 10.7. The molecular formula is C13H26N2O. The van der Waals surface area contributed by atoms with E-state index in [2.05, 4.69) is 24.1 Å². The summed E-state index contributed by atoms with van der Waals surface area (Å²) in [6, 6.07) is 1.41. The molecule has 0 aromatic rings. The Morgan fingerprint density at radius 2 is 2.06 bits per heavy atom. The second-order valence-electron chi connectivity index (χ2n) is 5.76. The Kier molecular flexibility index (Phi) is 4.22. The standard InChI is InChI=1S/C13H26N2O/c1-10(2)15-6-5-11(8-15)12(9-16)7-14-13-3-4-13/h10-14,16H,3-9H2,1-2H3. The van der Waals surface area contributed by atoms with Gasteiger partial charge in [0.05, 0.1) is 0 Å². The molecule has 1 saturated carbocycles. The second-order valence-corrected chi connectivity index (χ2v) is 5.76. The minimum atomic E-state index is 0.344. The number of aliphatic hydroxyl groups excluding tert-OH is 1. The first-order valence-electron chi connectivity index (χ1n) is 6.79. The van der Waals surface area contributed by atoms with Gasteiger partial charge in [-0.05, 0) is 51.5 Å². The smallest absolute Gasteiger partial charge is 0.0474 e. The number of nitrogens with zero attached hydrogens (tertiary/aromatic N) is 1. The zero-order chi connectivity index (χ0) is 11.5. The van der Waals surface area contributed by atoms with Crippen molar-refractivity contribution in [1.29, 1.82) is 0 Å². The van der Waals surface area contributed by atoms with Crippen LogP contribution in [0.3, 0.4) is 0 Å². The molecule has 2 atom stereocenters. The van der Waals surface area contributed by atoms with Crippen molar-refractivity contribution in [2.24, 2.45) is 11.8 Å². The van der Waals surface area contributed by atoms with Crippen molar-refractivity contribution >= 4 is 0 Å². The fourth-order valence-corrected chi connectivity index (χ4v) is 2.66. The Morgan fingerprint density at radius 1 is 1.31 bits per heavy atom. The van der Waals surface area contributed by atoms with Crippen molar-refractivity contribution in [3.63, 3.8) is 0 Å². The molecule has 16 heavy (non-hydrogen) atoms. The molecule has 94 valence electrons. The lowest BCUT2D eigenvalue weighted by Gasteiger charge is -2.24. The molecular weight excluding hydrogens is 200 g/mol. The molecule has 0 amide bonds. The number of aliphatic hydroxyl groups is 1. The van der Waals surface area contributed by atoms with Gasteiger partial charge < -0.3 is 15.3 Å². The van der Waals surface area contributed by atoms with Crippen LogP contribution in [0.15, 0.2) is 0 Å². The van der Waals surface area contributed by atoms with E-state index in [4.69, 9.17) is 0 Å². The first-order valence-corrected chi connectivity index (χ1v) is 6.79. The van der Waals surface area contributed by atoms with Crippen molar-refractivity contribution in [2.75, 3.05) is 26.2 Å². The summed E-state index contributed by atoms with van der Waals surface area (Å²) in [6.07, 6.45) is 3.93. The molecule has 2 fully saturated rings. The molecule has 2 unspecified atom stereocenters. The van der Waals surface area contributed by atoms with Gasteiger partial charge in [0.15, 0.2) is 0 Å². The van der Waals surface area contributed by atoms with Crippen LogP contribution in [0.25, 0.3) is 0 Å². The Hall–Kier alpha value is -0.120. The Bertz CT molecular complexity index is 216. The van der Waals surface area contributed by atoms with E-state index in [-0.39, 0.29) is 0 Å².